The second-order valence-electron chi connectivity index (χ2n) is 6.36. The average Bonchev–Trinajstić information content (AvgIpc) is 2.68. The van der Waals surface area contributed by atoms with Crippen molar-refractivity contribution < 1.29 is 0 Å². The lowest BCUT2D eigenvalue weighted by molar-refractivity contribution is 0.918. The van der Waals surface area contributed by atoms with Gasteiger partial charge in [-0.2, -0.15) is 0 Å². The second-order valence-corrected chi connectivity index (χ2v) is 6.36. The van der Waals surface area contributed by atoms with Crippen LogP contribution in [-0.4, -0.2) is 0 Å². The molecule has 0 atom stereocenters. The maximum absolute atomic E-state index is 2.32. The van der Waals surface area contributed by atoms with Gasteiger partial charge in [0, 0.05) is 5.92 Å². The Bertz CT molecular complexity index is 992. The lowest BCUT2D eigenvalue weighted by Crippen LogP contribution is -2.05. The quantitative estimate of drug-likeness (QED) is 0.560. The van der Waals surface area contributed by atoms with Crippen molar-refractivity contribution in [3.8, 4) is 0 Å². The predicted molar refractivity (Wildman–Crippen MR) is 87.7 cm³/mol. The van der Waals surface area contributed by atoms with Gasteiger partial charge in [-0.1, -0.05) is 53.6 Å². The van der Waals surface area contributed by atoms with E-state index in [2.05, 4.69) is 70.2 Å². The third kappa shape index (κ3) is 1.51. The molecule has 0 spiro atoms. The van der Waals surface area contributed by atoms with Crippen LogP contribution >= 0.6 is 0 Å². The molecule has 0 aromatic heterocycles. The molecule has 2 aromatic carbocycles. The fourth-order valence-corrected chi connectivity index (χ4v) is 4.03. The number of allylic oxidation sites excluding steroid dienone is 4. The number of benzene rings is 2. The predicted octanol–water partition coefficient (Wildman–Crippen LogP) is 5.34. The normalized spacial score (nSPS) is 17.0. The number of fused-ring (bicyclic) bond motifs is 2. The van der Waals surface area contributed by atoms with Gasteiger partial charge in [-0.15, -0.1) is 0 Å². The summed E-state index contributed by atoms with van der Waals surface area (Å²) in [6.45, 7) is 9.11. The summed E-state index contributed by atoms with van der Waals surface area (Å²) in [6.07, 6.45) is 0. The molecule has 2 aliphatic rings. The van der Waals surface area contributed by atoms with E-state index in [0.29, 0.717) is 5.92 Å². The van der Waals surface area contributed by atoms with Crippen molar-refractivity contribution in [3.05, 3.63) is 91.2 Å². The van der Waals surface area contributed by atoms with Gasteiger partial charge in [-0.25, -0.2) is 0 Å². The molecule has 0 heteroatoms. The Morgan fingerprint density at radius 3 is 1.86 bits per heavy atom. The zero-order chi connectivity index (χ0) is 14.7. The van der Waals surface area contributed by atoms with Gasteiger partial charge in [0.1, 0.15) is 0 Å². The van der Waals surface area contributed by atoms with Crippen LogP contribution in [-0.2, 0) is 0 Å². The summed E-state index contributed by atoms with van der Waals surface area (Å²) in [4.78, 5) is 0. The largest absolute Gasteiger partial charge is 0.0616 e. The van der Waals surface area contributed by atoms with Crippen molar-refractivity contribution in [2.45, 2.75) is 33.6 Å². The molecule has 0 N–H and O–H groups in total. The monoisotopic (exact) mass is 272 g/mol. The van der Waals surface area contributed by atoms with Gasteiger partial charge in [0.25, 0.3) is 0 Å². The molecular weight excluding hydrogens is 252 g/mol. The van der Waals surface area contributed by atoms with Crippen LogP contribution in [0.3, 0.4) is 0 Å². The maximum Gasteiger partial charge on any atom is 0.0270 e. The van der Waals surface area contributed by atoms with Crippen molar-refractivity contribution in [3.63, 3.8) is 0 Å². The molecule has 0 saturated heterocycles. The van der Waals surface area contributed by atoms with E-state index >= 15 is 0 Å². The highest BCUT2D eigenvalue weighted by molar-refractivity contribution is 5.54. The van der Waals surface area contributed by atoms with Crippen LogP contribution in [0.4, 0.5) is 0 Å². The first-order valence-corrected chi connectivity index (χ1v) is 7.69. The fourth-order valence-electron chi connectivity index (χ4n) is 4.03. The standard InChI is InChI=1S/C21H20/c1-12-13(2)15(4)20(14(12)3)19-11-7-10-18-16-8-5-6-9-17(16)21(18)19/h5-11,20H,1-4H3. The Morgan fingerprint density at radius 1 is 0.619 bits per heavy atom. The zero-order valence-corrected chi connectivity index (χ0v) is 13.1. The van der Waals surface area contributed by atoms with Crippen molar-refractivity contribution in [1.82, 2.24) is 0 Å². The van der Waals surface area contributed by atoms with Crippen LogP contribution in [0.15, 0.2) is 64.8 Å². The summed E-state index contributed by atoms with van der Waals surface area (Å²) in [5.41, 5.74) is 7.47. The minimum Gasteiger partial charge on any atom is -0.0616 e. The van der Waals surface area contributed by atoms with Gasteiger partial charge >= 0.3 is 0 Å². The third-order valence-electron chi connectivity index (χ3n) is 5.51. The van der Waals surface area contributed by atoms with Crippen LogP contribution in [0.2, 0.25) is 0 Å². The minimum absolute atomic E-state index is 0.466. The van der Waals surface area contributed by atoms with Gasteiger partial charge in [0.15, 0.2) is 0 Å². The molecule has 0 heterocycles. The number of hydrogen-bond donors (Lipinski definition) is 0. The Labute approximate surface area is 125 Å². The molecule has 0 unspecified atom stereocenters. The summed E-state index contributed by atoms with van der Waals surface area (Å²) in [5, 5.41) is 5.72. The third-order valence-corrected chi connectivity index (χ3v) is 5.51. The molecule has 4 rings (SSSR count). The van der Waals surface area contributed by atoms with Crippen LogP contribution in [0, 0.1) is 20.9 Å². The van der Waals surface area contributed by atoms with Crippen LogP contribution < -0.4 is 0 Å². The van der Waals surface area contributed by atoms with Crippen molar-refractivity contribution in [2.75, 3.05) is 0 Å². The molecule has 0 aliphatic heterocycles. The van der Waals surface area contributed by atoms with Gasteiger partial charge in [-0.3, -0.25) is 0 Å². The maximum atomic E-state index is 2.32. The Kier molecular flexibility index (Phi) is 2.53. The van der Waals surface area contributed by atoms with Crippen molar-refractivity contribution in [2.24, 2.45) is 0 Å². The minimum atomic E-state index is 0.466. The lowest BCUT2D eigenvalue weighted by atomic mass is 9.84. The topological polar surface area (TPSA) is 0 Å². The first-order valence-electron chi connectivity index (χ1n) is 7.69. The number of rotatable bonds is 1. The average molecular weight is 272 g/mol. The van der Waals surface area contributed by atoms with Crippen LogP contribution in [0.25, 0.3) is 0 Å². The van der Waals surface area contributed by atoms with Gasteiger partial charge < -0.3 is 0 Å². The Balaban J connectivity index is 2.08. The highest BCUT2D eigenvalue weighted by Gasteiger charge is 2.27. The fraction of sp³-hybridized carbons (Fsp3) is 0.238. The first-order chi connectivity index (χ1) is 10.1. The van der Waals surface area contributed by atoms with Gasteiger partial charge in [0.2, 0.25) is 0 Å². The van der Waals surface area contributed by atoms with E-state index in [1.807, 2.05) is 0 Å². The molecule has 0 amide bonds. The lowest BCUT2D eigenvalue weighted by Gasteiger charge is -2.19. The highest BCUT2D eigenvalue weighted by atomic mass is 14.3. The van der Waals surface area contributed by atoms with Gasteiger partial charge in [-0.05, 0) is 65.3 Å². The first kappa shape index (κ1) is 12.6. The molecule has 2 aromatic rings. The van der Waals surface area contributed by atoms with E-state index in [1.54, 1.807) is 0 Å². The van der Waals surface area contributed by atoms with E-state index in [1.165, 1.54) is 48.7 Å². The van der Waals surface area contributed by atoms with E-state index in [-0.39, 0.29) is 0 Å². The summed E-state index contributed by atoms with van der Waals surface area (Å²) < 4.78 is 0. The summed E-state index contributed by atoms with van der Waals surface area (Å²) in [7, 11) is 0. The zero-order valence-electron chi connectivity index (χ0n) is 13.1. The summed E-state index contributed by atoms with van der Waals surface area (Å²) in [6, 6.07) is 15.6. The van der Waals surface area contributed by atoms with Gasteiger partial charge in [0.05, 0.1) is 0 Å². The van der Waals surface area contributed by atoms with Crippen molar-refractivity contribution >= 4 is 0 Å². The molecule has 104 valence electrons. The Hall–Kier alpha value is -2.08. The van der Waals surface area contributed by atoms with E-state index in [4.69, 9.17) is 0 Å². The SMILES string of the molecule is CC1=C(C)C(c2cccc3c2=c2ccccc2=3)C(C)=C1C. The summed E-state index contributed by atoms with van der Waals surface area (Å²) in [5.74, 6) is 0.466. The molecule has 21 heavy (non-hydrogen) atoms. The number of hydrogen-bond acceptors (Lipinski definition) is 0. The van der Waals surface area contributed by atoms with E-state index in [0.717, 1.165) is 0 Å². The molecule has 0 bridgehead atoms. The van der Waals surface area contributed by atoms with Crippen LogP contribution in [0.1, 0.15) is 39.2 Å². The smallest absolute Gasteiger partial charge is 0.0270 e. The molecule has 2 aliphatic carbocycles. The molecule has 0 nitrogen and oxygen atoms in total. The molecular formula is C21H20. The molecule has 0 saturated carbocycles. The molecule has 0 fully saturated rings. The van der Waals surface area contributed by atoms with E-state index < -0.39 is 0 Å². The van der Waals surface area contributed by atoms with E-state index in [9.17, 15) is 0 Å². The van der Waals surface area contributed by atoms with Crippen molar-refractivity contribution in [1.29, 1.82) is 0 Å². The molecule has 0 radical (unpaired) electrons. The highest BCUT2D eigenvalue weighted by Crippen LogP contribution is 2.44. The van der Waals surface area contributed by atoms with Crippen LogP contribution in [0.5, 0.6) is 0 Å². The summed E-state index contributed by atoms with van der Waals surface area (Å²) >= 11 is 0. The Morgan fingerprint density at radius 2 is 1.19 bits per heavy atom. The second kappa shape index (κ2) is 4.21.